The molecule has 1 unspecified atom stereocenters. The minimum Gasteiger partial charge on any atom is -0.351 e. The molecule has 5 heteroatoms. The number of nitrogens with one attached hydrogen (secondary N) is 1. The van der Waals surface area contributed by atoms with E-state index in [9.17, 15) is 9.59 Å². The first-order valence-corrected chi connectivity index (χ1v) is 9.28. The van der Waals surface area contributed by atoms with Crippen LogP contribution in [0.4, 0.5) is 10.5 Å². The van der Waals surface area contributed by atoms with Crippen molar-refractivity contribution in [2.75, 3.05) is 11.9 Å². The first-order valence-electron chi connectivity index (χ1n) is 9.28. The standard InChI is InChI=1S/C22H27N3O2/c1-22(2,3)14-19(26)24-17-10-8-16(9-11-17)20-18-7-5-4-6-15(18)12-13-25(20)21(23)27/h4-11,20H,12-14H2,1-3H3,(H2,23,27)(H,24,26). The molecular formula is C22H27N3O2. The highest BCUT2D eigenvalue weighted by atomic mass is 16.2. The molecule has 0 saturated carbocycles. The van der Waals surface area contributed by atoms with Crippen LogP contribution in [-0.4, -0.2) is 23.4 Å². The molecular weight excluding hydrogens is 338 g/mol. The van der Waals surface area contributed by atoms with Gasteiger partial charge in [0.1, 0.15) is 0 Å². The molecule has 2 aromatic rings. The number of rotatable bonds is 3. The summed E-state index contributed by atoms with van der Waals surface area (Å²) in [7, 11) is 0. The number of hydrogen-bond acceptors (Lipinski definition) is 2. The molecule has 0 fully saturated rings. The van der Waals surface area contributed by atoms with Gasteiger partial charge in [0.2, 0.25) is 5.91 Å². The monoisotopic (exact) mass is 365 g/mol. The Balaban J connectivity index is 1.84. The lowest BCUT2D eigenvalue weighted by Crippen LogP contribution is -2.43. The topological polar surface area (TPSA) is 75.4 Å². The van der Waals surface area contributed by atoms with Gasteiger partial charge in [-0.1, -0.05) is 57.2 Å². The van der Waals surface area contributed by atoms with E-state index in [2.05, 4.69) is 11.4 Å². The number of amides is 3. The summed E-state index contributed by atoms with van der Waals surface area (Å²) in [6.45, 7) is 6.71. The molecule has 0 aliphatic carbocycles. The highest BCUT2D eigenvalue weighted by Crippen LogP contribution is 2.35. The summed E-state index contributed by atoms with van der Waals surface area (Å²) in [4.78, 5) is 25.8. The van der Waals surface area contributed by atoms with Crippen LogP contribution in [0.5, 0.6) is 0 Å². The van der Waals surface area contributed by atoms with Crippen LogP contribution in [0.1, 0.15) is 49.9 Å². The van der Waals surface area contributed by atoms with E-state index in [1.165, 1.54) is 5.56 Å². The molecule has 2 aromatic carbocycles. The normalized spacial score (nSPS) is 16.6. The molecule has 3 rings (SSSR count). The Labute approximate surface area is 160 Å². The average Bonchev–Trinajstić information content (AvgIpc) is 2.59. The van der Waals surface area contributed by atoms with E-state index in [1.54, 1.807) is 4.90 Å². The van der Waals surface area contributed by atoms with Gasteiger partial charge in [0.25, 0.3) is 0 Å². The van der Waals surface area contributed by atoms with Crippen LogP contribution in [0.3, 0.4) is 0 Å². The molecule has 27 heavy (non-hydrogen) atoms. The molecule has 3 N–H and O–H groups in total. The lowest BCUT2D eigenvalue weighted by Gasteiger charge is -2.36. The van der Waals surface area contributed by atoms with Gasteiger partial charge in [-0.3, -0.25) is 4.79 Å². The van der Waals surface area contributed by atoms with Crippen molar-refractivity contribution in [3.63, 3.8) is 0 Å². The molecule has 1 atom stereocenters. The minimum atomic E-state index is -0.419. The van der Waals surface area contributed by atoms with Crippen LogP contribution in [0.25, 0.3) is 0 Å². The number of carbonyl (C=O) groups excluding carboxylic acids is 2. The Hall–Kier alpha value is -2.82. The number of urea groups is 1. The maximum atomic E-state index is 12.1. The third-order valence-corrected chi connectivity index (χ3v) is 4.77. The van der Waals surface area contributed by atoms with Gasteiger partial charge in [0, 0.05) is 18.7 Å². The Bertz CT molecular complexity index is 837. The van der Waals surface area contributed by atoms with E-state index < -0.39 is 6.03 Å². The molecule has 1 aliphatic heterocycles. The number of nitrogens with two attached hydrogens (primary N) is 1. The van der Waals surface area contributed by atoms with Gasteiger partial charge in [-0.05, 0) is 40.7 Å². The van der Waals surface area contributed by atoms with E-state index in [-0.39, 0.29) is 17.4 Å². The van der Waals surface area contributed by atoms with Gasteiger partial charge in [-0.15, -0.1) is 0 Å². The van der Waals surface area contributed by atoms with Crippen molar-refractivity contribution in [2.45, 2.75) is 39.7 Å². The van der Waals surface area contributed by atoms with Crippen molar-refractivity contribution in [2.24, 2.45) is 11.1 Å². The average molecular weight is 365 g/mol. The van der Waals surface area contributed by atoms with E-state index >= 15 is 0 Å². The van der Waals surface area contributed by atoms with Gasteiger partial charge in [-0.2, -0.15) is 0 Å². The lowest BCUT2D eigenvalue weighted by atomic mass is 9.88. The van der Waals surface area contributed by atoms with Crippen molar-refractivity contribution in [3.8, 4) is 0 Å². The van der Waals surface area contributed by atoms with E-state index in [0.29, 0.717) is 13.0 Å². The van der Waals surface area contributed by atoms with Gasteiger partial charge >= 0.3 is 6.03 Å². The smallest absolute Gasteiger partial charge is 0.315 e. The van der Waals surface area contributed by atoms with Crippen LogP contribution >= 0.6 is 0 Å². The van der Waals surface area contributed by atoms with Crippen molar-refractivity contribution in [1.29, 1.82) is 0 Å². The summed E-state index contributed by atoms with van der Waals surface area (Å²) in [5, 5.41) is 2.94. The Morgan fingerprint density at radius 3 is 2.41 bits per heavy atom. The van der Waals surface area contributed by atoms with E-state index in [1.807, 2.05) is 63.2 Å². The first-order chi connectivity index (χ1) is 12.7. The van der Waals surface area contributed by atoms with Crippen molar-refractivity contribution in [3.05, 3.63) is 65.2 Å². The second-order valence-corrected chi connectivity index (χ2v) is 8.29. The second-order valence-electron chi connectivity index (χ2n) is 8.29. The van der Waals surface area contributed by atoms with Crippen LogP contribution in [0.2, 0.25) is 0 Å². The third kappa shape index (κ3) is 4.48. The van der Waals surface area contributed by atoms with Gasteiger partial charge in [-0.25, -0.2) is 4.79 Å². The summed E-state index contributed by atoms with van der Waals surface area (Å²) in [6, 6.07) is 15.2. The predicted octanol–water partition coefficient (Wildman–Crippen LogP) is 4.09. The molecule has 1 aliphatic rings. The van der Waals surface area contributed by atoms with Crippen molar-refractivity contribution < 1.29 is 9.59 Å². The molecule has 0 bridgehead atoms. The molecule has 0 saturated heterocycles. The highest BCUT2D eigenvalue weighted by Gasteiger charge is 2.30. The maximum absolute atomic E-state index is 12.1. The maximum Gasteiger partial charge on any atom is 0.315 e. The zero-order valence-electron chi connectivity index (χ0n) is 16.2. The molecule has 1 heterocycles. The molecule has 5 nitrogen and oxygen atoms in total. The van der Waals surface area contributed by atoms with Gasteiger partial charge in [0.15, 0.2) is 0 Å². The largest absolute Gasteiger partial charge is 0.351 e. The predicted molar refractivity (Wildman–Crippen MR) is 107 cm³/mol. The number of carbonyl (C=O) groups is 2. The number of primary amides is 1. The zero-order chi connectivity index (χ0) is 19.6. The van der Waals surface area contributed by atoms with Gasteiger partial charge < -0.3 is 16.0 Å². The SMILES string of the molecule is CC(C)(C)CC(=O)Nc1ccc(C2c3ccccc3CCN2C(N)=O)cc1. The summed E-state index contributed by atoms with van der Waals surface area (Å²) < 4.78 is 0. The molecule has 0 spiro atoms. The molecule has 3 amide bonds. The summed E-state index contributed by atoms with van der Waals surface area (Å²) >= 11 is 0. The number of fused-ring (bicyclic) bond motifs is 1. The number of hydrogen-bond donors (Lipinski definition) is 2. The van der Waals surface area contributed by atoms with Crippen LogP contribution in [-0.2, 0) is 11.2 Å². The van der Waals surface area contributed by atoms with Crippen LogP contribution in [0, 0.1) is 5.41 Å². The third-order valence-electron chi connectivity index (χ3n) is 4.77. The summed E-state index contributed by atoms with van der Waals surface area (Å²) in [5.41, 5.74) is 9.65. The number of anilines is 1. The number of nitrogens with zero attached hydrogens (tertiary/aromatic N) is 1. The fraction of sp³-hybridized carbons (Fsp3) is 0.364. The number of benzene rings is 2. The molecule has 142 valence electrons. The Kier molecular flexibility index (Phi) is 5.22. The Morgan fingerprint density at radius 1 is 1.11 bits per heavy atom. The fourth-order valence-electron chi connectivity index (χ4n) is 3.60. The highest BCUT2D eigenvalue weighted by molar-refractivity contribution is 5.91. The quantitative estimate of drug-likeness (QED) is 0.860. The molecule has 0 aromatic heterocycles. The summed E-state index contributed by atoms with van der Waals surface area (Å²) in [6.07, 6.45) is 1.26. The van der Waals surface area contributed by atoms with Crippen molar-refractivity contribution in [1.82, 2.24) is 4.90 Å². The second kappa shape index (κ2) is 7.43. The zero-order valence-corrected chi connectivity index (χ0v) is 16.2. The fourth-order valence-corrected chi connectivity index (χ4v) is 3.60. The van der Waals surface area contributed by atoms with E-state index in [0.717, 1.165) is 23.2 Å². The lowest BCUT2D eigenvalue weighted by molar-refractivity contribution is -0.117. The van der Waals surface area contributed by atoms with Crippen LogP contribution < -0.4 is 11.1 Å². The Morgan fingerprint density at radius 2 is 1.78 bits per heavy atom. The van der Waals surface area contributed by atoms with E-state index in [4.69, 9.17) is 5.73 Å². The van der Waals surface area contributed by atoms with Crippen molar-refractivity contribution >= 4 is 17.6 Å². The minimum absolute atomic E-state index is 0.00276. The van der Waals surface area contributed by atoms with Gasteiger partial charge in [0.05, 0.1) is 6.04 Å². The van der Waals surface area contributed by atoms with Crippen LogP contribution in [0.15, 0.2) is 48.5 Å². The first kappa shape index (κ1) is 19.0. The molecule has 0 radical (unpaired) electrons. The summed E-state index contributed by atoms with van der Waals surface area (Å²) in [5.74, 6) is -0.00276.